The average molecular weight is 272 g/mol. The van der Waals surface area contributed by atoms with Gasteiger partial charge in [0.1, 0.15) is 24.7 Å². The van der Waals surface area contributed by atoms with E-state index in [1.165, 1.54) is 0 Å². The second-order valence-corrected chi connectivity index (χ2v) is 4.27. The highest BCUT2D eigenvalue weighted by atomic mass is 16.5. The van der Waals surface area contributed by atoms with Crippen molar-refractivity contribution >= 4 is 0 Å². The second kappa shape index (κ2) is 8.17. The summed E-state index contributed by atoms with van der Waals surface area (Å²) in [5.74, 6) is 1.67. The molecule has 4 heteroatoms. The molecule has 0 atom stereocenters. The van der Waals surface area contributed by atoms with E-state index in [9.17, 15) is 0 Å². The standard InChI is InChI=1S/C16H20N2O2/c1-2-17-12-14-8-9-18-13-16(14)20-11-10-19-15-6-4-3-5-7-15/h3-9,13,17H,2,10-12H2,1H3. The van der Waals surface area contributed by atoms with Crippen LogP contribution in [0, 0.1) is 0 Å². The summed E-state index contributed by atoms with van der Waals surface area (Å²) in [5.41, 5.74) is 1.11. The molecule has 0 spiro atoms. The van der Waals surface area contributed by atoms with Crippen LogP contribution in [0.4, 0.5) is 0 Å². The lowest BCUT2D eigenvalue weighted by Gasteiger charge is -2.11. The minimum absolute atomic E-state index is 0.500. The van der Waals surface area contributed by atoms with Gasteiger partial charge >= 0.3 is 0 Å². The first-order chi connectivity index (χ1) is 9.90. The van der Waals surface area contributed by atoms with Gasteiger partial charge in [0.25, 0.3) is 0 Å². The van der Waals surface area contributed by atoms with Crippen molar-refractivity contribution in [3.63, 3.8) is 0 Å². The van der Waals surface area contributed by atoms with Crippen LogP contribution in [0.25, 0.3) is 0 Å². The van der Waals surface area contributed by atoms with Crippen LogP contribution in [0.3, 0.4) is 0 Å². The van der Waals surface area contributed by atoms with Gasteiger partial charge in [-0.25, -0.2) is 0 Å². The molecule has 0 unspecified atom stereocenters. The number of nitrogens with one attached hydrogen (secondary N) is 1. The molecule has 1 N–H and O–H groups in total. The largest absolute Gasteiger partial charge is 0.490 e. The van der Waals surface area contributed by atoms with Crippen molar-refractivity contribution in [2.45, 2.75) is 13.5 Å². The molecule has 1 aromatic heterocycles. The normalized spacial score (nSPS) is 10.2. The molecule has 20 heavy (non-hydrogen) atoms. The second-order valence-electron chi connectivity index (χ2n) is 4.27. The Morgan fingerprint density at radius 1 is 1.05 bits per heavy atom. The van der Waals surface area contributed by atoms with Gasteiger partial charge in [0.05, 0.1) is 6.20 Å². The Labute approximate surface area is 119 Å². The molecule has 0 saturated carbocycles. The Balaban J connectivity index is 1.79. The van der Waals surface area contributed by atoms with Gasteiger partial charge in [-0.1, -0.05) is 25.1 Å². The summed E-state index contributed by atoms with van der Waals surface area (Å²) in [6, 6.07) is 11.7. The van der Waals surface area contributed by atoms with Crippen molar-refractivity contribution in [3.8, 4) is 11.5 Å². The smallest absolute Gasteiger partial charge is 0.142 e. The van der Waals surface area contributed by atoms with E-state index in [0.717, 1.165) is 30.2 Å². The molecular formula is C16H20N2O2. The zero-order valence-electron chi connectivity index (χ0n) is 11.7. The monoisotopic (exact) mass is 272 g/mol. The lowest BCUT2D eigenvalue weighted by Crippen LogP contribution is -2.14. The Hall–Kier alpha value is -2.07. The lowest BCUT2D eigenvalue weighted by molar-refractivity contribution is 0.215. The summed E-state index contributed by atoms with van der Waals surface area (Å²) < 4.78 is 11.3. The Morgan fingerprint density at radius 2 is 1.85 bits per heavy atom. The van der Waals surface area contributed by atoms with Gasteiger partial charge in [0.15, 0.2) is 0 Å². The first-order valence-corrected chi connectivity index (χ1v) is 6.84. The molecule has 2 rings (SSSR count). The number of aromatic nitrogens is 1. The average Bonchev–Trinajstić information content (AvgIpc) is 2.51. The van der Waals surface area contributed by atoms with Gasteiger partial charge in [0, 0.05) is 18.3 Å². The van der Waals surface area contributed by atoms with Gasteiger partial charge in [-0.2, -0.15) is 0 Å². The van der Waals surface area contributed by atoms with E-state index in [4.69, 9.17) is 9.47 Å². The van der Waals surface area contributed by atoms with Crippen LogP contribution in [-0.2, 0) is 6.54 Å². The van der Waals surface area contributed by atoms with Crippen molar-refractivity contribution in [1.29, 1.82) is 0 Å². The van der Waals surface area contributed by atoms with E-state index in [0.29, 0.717) is 13.2 Å². The molecular weight excluding hydrogens is 252 g/mol. The molecule has 0 aliphatic heterocycles. The topological polar surface area (TPSA) is 43.4 Å². The fourth-order valence-electron chi connectivity index (χ4n) is 1.77. The summed E-state index contributed by atoms with van der Waals surface area (Å²) in [6.45, 7) is 4.81. The van der Waals surface area contributed by atoms with Gasteiger partial charge in [0.2, 0.25) is 0 Å². The van der Waals surface area contributed by atoms with E-state index >= 15 is 0 Å². The molecule has 0 aliphatic carbocycles. The summed E-state index contributed by atoms with van der Waals surface area (Å²) in [6.07, 6.45) is 3.52. The van der Waals surface area contributed by atoms with Crippen LogP contribution in [0.5, 0.6) is 11.5 Å². The first kappa shape index (κ1) is 14.3. The van der Waals surface area contributed by atoms with Crippen molar-refractivity contribution in [3.05, 3.63) is 54.4 Å². The van der Waals surface area contributed by atoms with Crippen molar-refractivity contribution in [1.82, 2.24) is 10.3 Å². The maximum atomic E-state index is 5.73. The Kier molecular flexibility index (Phi) is 5.86. The maximum absolute atomic E-state index is 5.73. The van der Waals surface area contributed by atoms with E-state index in [2.05, 4.69) is 17.2 Å². The molecule has 1 heterocycles. The maximum Gasteiger partial charge on any atom is 0.142 e. The van der Waals surface area contributed by atoms with Crippen LogP contribution in [0.1, 0.15) is 12.5 Å². The van der Waals surface area contributed by atoms with Gasteiger partial charge < -0.3 is 14.8 Å². The summed E-state index contributed by atoms with van der Waals surface area (Å²) >= 11 is 0. The van der Waals surface area contributed by atoms with Gasteiger partial charge in [-0.05, 0) is 24.7 Å². The number of ether oxygens (including phenoxy) is 2. The van der Waals surface area contributed by atoms with Crippen molar-refractivity contribution in [2.24, 2.45) is 0 Å². The number of hydrogen-bond donors (Lipinski definition) is 1. The molecule has 0 amide bonds. The molecule has 2 aromatic rings. The fourth-order valence-corrected chi connectivity index (χ4v) is 1.77. The van der Waals surface area contributed by atoms with Crippen LogP contribution in [0.2, 0.25) is 0 Å². The molecule has 0 saturated heterocycles. The van der Waals surface area contributed by atoms with Crippen LogP contribution >= 0.6 is 0 Å². The molecule has 0 radical (unpaired) electrons. The highest BCUT2D eigenvalue weighted by Crippen LogP contribution is 2.16. The number of rotatable bonds is 8. The zero-order chi connectivity index (χ0) is 14.0. The van der Waals surface area contributed by atoms with Crippen LogP contribution < -0.4 is 14.8 Å². The van der Waals surface area contributed by atoms with E-state index in [1.807, 2.05) is 36.4 Å². The molecule has 0 bridgehead atoms. The number of para-hydroxylation sites is 1. The third-order valence-corrected chi connectivity index (χ3v) is 2.79. The van der Waals surface area contributed by atoms with Crippen molar-refractivity contribution in [2.75, 3.05) is 19.8 Å². The van der Waals surface area contributed by atoms with E-state index < -0.39 is 0 Å². The number of nitrogens with zero attached hydrogens (tertiary/aromatic N) is 1. The SMILES string of the molecule is CCNCc1ccncc1OCCOc1ccccc1. The molecule has 0 fully saturated rings. The predicted octanol–water partition coefficient (Wildman–Crippen LogP) is 2.65. The summed E-state index contributed by atoms with van der Waals surface area (Å²) in [5, 5.41) is 3.28. The van der Waals surface area contributed by atoms with E-state index in [1.54, 1.807) is 12.4 Å². The minimum atomic E-state index is 0.500. The fraction of sp³-hybridized carbons (Fsp3) is 0.312. The third-order valence-electron chi connectivity index (χ3n) is 2.79. The zero-order valence-corrected chi connectivity index (χ0v) is 11.7. The van der Waals surface area contributed by atoms with Gasteiger partial charge in [-0.3, -0.25) is 4.98 Å². The number of benzene rings is 1. The molecule has 106 valence electrons. The molecule has 4 nitrogen and oxygen atoms in total. The predicted molar refractivity (Wildman–Crippen MR) is 79.0 cm³/mol. The minimum Gasteiger partial charge on any atom is -0.490 e. The van der Waals surface area contributed by atoms with Crippen molar-refractivity contribution < 1.29 is 9.47 Å². The highest BCUT2D eigenvalue weighted by Gasteiger charge is 2.03. The van der Waals surface area contributed by atoms with E-state index in [-0.39, 0.29) is 0 Å². The van der Waals surface area contributed by atoms with Gasteiger partial charge in [-0.15, -0.1) is 0 Å². The Bertz CT molecular complexity index is 503. The Morgan fingerprint density at radius 3 is 2.65 bits per heavy atom. The lowest BCUT2D eigenvalue weighted by atomic mass is 10.2. The molecule has 0 aliphatic rings. The number of pyridine rings is 1. The van der Waals surface area contributed by atoms with Crippen LogP contribution in [-0.4, -0.2) is 24.7 Å². The molecule has 1 aromatic carbocycles. The summed E-state index contributed by atoms with van der Waals surface area (Å²) in [4.78, 5) is 4.10. The number of hydrogen-bond acceptors (Lipinski definition) is 4. The summed E-state index contributed by atoms with van der Waals surface area (Å²) in [7, 11) is 0. The quantitative estimate of drug-likeness (QED) is 0.750. The first-order valence-electron chi connectivity index (χ1n) is 6.84. The third kappa shape index (κ3) is 4.55. The highest BCUT2D eigenvalue weighted by molar-refractivity contribution is 5.29. The van der Waals surface area contributed by atoms with Crippen LogP contribution in [0.15, 0.2) is 48.8 Å².